The third kappa shape index (κ3) is 4.53. The van der Waals surface area contributed by atoms with Gasteiger partial charge in [-0.2, -0.15) is 17.9 Å². The molecule has 1 aromatic heterocycles. The van der Waals surface area contributed by atoms with E-state index in [2.05, 4.69) is 5.32 Å². The summed E-state index contributed by atoms with van der Waals surface area (Å²) in [6.45, 7) is 0.870. The Kier molecular flexibility index (Phi) is 6.29. The van der Waals surface area contributed by atoms with E-state index in [0.717, 1.165) is 24.3 Å². The van der Waals surface area contributed by atoms with Gasteiger partial charge in [0.25, 0.3) is 11.5 Å². The van der Waals surface area contributed by atoms with Crippen molar-refractivity contribution < 1.29 is 31.2 Å². The molecule has 11 nitrogen and oxygen atoms in total. The van der Waals surface area contributed by atoms with Crippen LogP contribution in [0.2, 0.25) is 0 Å². The molecule has 0 aliphatic carbocycles. The number of benzene rings is 2. The van der Waals surface area contributed by atoms with Gasteiger partial charge in [-0.05, 0) is 29.8 Å². The molecule has 15 heteroatoms. The van der Waals surface area contributed by atoms with Crippen LogP contribution in [-0.2, 0) is 31.7 Å². The number of H-pyrrole nitrogens is 1. The maximum absolute atomic E-state index is 14.6. The van der Waals surface area contributed by atoms with Crippen LogP contribution < -0.4 is 26.6 Å². The van der Waals surface area contributed by atoms with Crippen LogP contribution in [0.15, 0.2) is 69.1 Å². The summed E-state index contributed by atoms with van der Waals surface area (Å²) in [6.07, 6.45) is -5.65. The maximum atomic E-state index is 14.6. The van der Waals surface area contributed by atoms with Crippen molar-refractivity contribution in [2.75, 3.05) is 10.6 Å². The molecule has 0 spiro atoms. The van der Waals surface area contributed by atoms with Crippen molar-refractivity contribution in [3.63, 3.8) is 0 Å². The van der Waals surface area contributed by atoms with E-state index in [1.54, 1.807) is 35.3 Å². The van der Waals surface area contributed by atoms with Gasteiger partial charge in [-0.1, -0.05) is 30.3 Å². The molecule has 0 saturated carbocycles. The van der Waals surface area contributed by atoms with Crippen LogP contribution in [0.4, 0.5) is 24.7 Å². The molecule has 1 aliphatic rings. The normalized spacial score (nSPS) is 17.2. The molecule has 3 aromatic rings. The maximum Gasteiger partial charge on any atom is 0.421 e. The van der Waals surface area contributed by atoms with E-state index in [1.807, 2.05) is 5.32 Å². The molecule has 0 unspecified atom stereocenters. The number of sulfonamides is 1. The molecule has 0 radical (unpaired) electrons. The van der Waals surface area contributed by atoms with Gasteiger partial charge >= 0.3 is 11.9 Å². The molecule has 0 fully saturated rings. The number of alkyl halides is 3. The summed E-state index contributed by atoms with van der Waals surface area (Å²) in [5, 5.41) is 4.25. The number of aromatic amines is 1. The number of fused-ring (bicyclic) bond motifs is 1. The Morgan fingerprint density at radius 3 is 2.22 bits per heavy atom. The third-order valence-electron chi connectivity index (χ3n) is 5.53. The zero-order chi connectivity index (χ0) is 27.2. The second-order valence-corrected chi connectivity index (χ2v) is 9.75. The number of rotatable bonds is 6. The standard InChI is InChI=1S/C22H18F3N5O6S/c1-12(31)26-14-7-9-15(10-8-14)37(35,36)29-21(22(23,24)25)16-17(27-19(21)33)30(20(34)28-18(16)32)11-13-5-3-2-4-6-13/h2-10,29H,11H2,1H3,(H,26,31)(H,27,33)(H,28,32,34)/t21-/m0/s1. The summed E-state index contributed by atoms with van der Waals surface area (Å²) in [5.41, 5.74) is -7.44. The molecular weight excluding hydrogens is 519 g/mol. The number of nitrogens with zero attached hydrogens (tertiary/aromatic N) is 1. The Labute approximate surface area is 206 Å². The van der Waals surface area contributed by atoms with E-state index in [0.29, 0.717) is 10.1 Å². The molecule has 0 saturated heterocycles. The van der Waals surface area contributed by atoms with E-state index in [4.69, 9.17) is 0 Å². The van der Waals surface area contributed by atoms with Gasteiger partial charge in [-0.15, -0.1) is 0 Å². The second-order valence-electron chi connectivity index (χ2n) is 8.07. The molecule has 4 rings (SSSR count). The predicted octanol–water partition coefficient (Wildman–Crippen LogP) is 1.23. The molecule has 2 amide bonds. The second kappa shape index (κ2) is 9.01. The van der Waals surface area contributed by atoms with Crippen molar-refractivity contribution in [3.8, 4) is 0 Å². The molecule has 2 heterocycles. The fraction of sp³-hybridized carbons (Fsp3) is 0.182. The number of anilines is 2. The first kappa shape index (κ1) is 25.8. The average molecular weight is 537 g/mol. The minimum atomic E-state index is -5.65. The highest BCUT2D eigenvalue weighted by molar-refractivity contribution is 7.89. The van der Waals surface area contributed by atoms with Gasteiger partial charge in [-0.25, -0.2) is 13.2 Å². The summed E-state index contributed by atoms with van der Waals surface area (Å²) in [5.74, 6) is -3.17. The Morgan fingerprint density at radius 2 is 1.65 bits per heavy atom. The summed E-state index contributed by atoms with van der Waals surface area (Å²) in [6, 6.07) is 12.1. The van der Waals surface area contributed by atoms with Crippen LogP contribution in [-0.4, -0.2) is 36.0 Å². The largest absolute Gasteiger partial charge is 0.421 e. The topological polar surface area (TPSA) is 159 Å². The van der Waals surface area contributed by atoms with Gasteiger partial charge in [0, 0.05) is 12.6 Å². The van der Waals surface area contributed by atoms with E-state index >= 15 is 0 Å². The van der Waals surface area contributed by atoms with Gasteiger partial charge in [0.05, 0.1) is 17.0 Å². The lowest BCUT2D eigenvalue weighted by atomic mass is 9.93. The molecule has 4 N–H and O–H groups in total. The van der Waals surface area contributed by atoms with E-state index in [9.17, 15) is 40.8 Å². The predicted molar refractivity (Wildman–Crippen MR) is 124 cm³/mol. The summed E-state index contributed by atoms with van der Waals surface area (Å²) < 4.78 is 71.8. The van der Waals surface area contributed by atoms with E-state index in [-0.39, 0.29) is 12.2 Å². The monoisotopic (exact) mass is 537 g/mol. The number of carbonyl (C=O) groups excluding carboxylic acids is 2. The lowest BCUT2D eigenvalue weighted by Crippen LogP contribution is -2.61. The highest BCUT2D eigenvalue weighted by Gasteiger charge is 2.69. The van der Waals surface area contributed by atoms with Crippen LogP contribution in [0.5, 0.6) is 0 Å². The van der Waals surface area contributed by atoms with Gasteiger partial charge in [0.15, 0.2) is 0 Å². The minimum absolute atomic E-state index is 0.169. The van der Waals surface area contributed by atoms with Crippen LogP contribution in [0, 0.1) is 0 Å². The van der Waals surface area contributed by atoms with Crippen molar-refractivity contribution in [1.29, 1.82) is 0 Å². The van der Waals surface area contributed by atoms with Crippen LogP contribution in [0.25, 0.3) is 0 Å². The third-order valence-corrected chi connectivity index (χ3v) is 7.00. The Hall–Kier alpha value is -4.24. The van der Waals surface area contributed by atoms with Gasteiger partial charge in [0.1, 0.15) is 5.82 Å². The molecule has 194 valence electrons. The fourth-order valence-corrected chi connectivity index (χ4v) is 5.21. The molecule has 2 aromatic carbocycles. The van der Waals surface area contributed by atoms with Crippen molar-refractivity contribution in [1.82, 2.24) is 14.3 Å². The van der Waals surface area contributed by atoms with Gasteiger partial charge < -0.3 is 10.6 Å². The first-order valence-electron chi connectivity index (χ1n) is 10.5. The van der Waals surface area contributed by atoms with Gasteiger partial charge in [0.2, 0.25) is 21.5 Å². The Morgan fingerprint density at radius 1 is 1.03 bits per heavy atom. The van der Waals surface area contributed by atoms with Gasteiger partial charge in [-0.3, -0.25) is 23.9 Å². The van der Waals surface area contributed by atoms with E-state index in [1.165, 1.54) is 11.6 Å². The summed E-state index contributed by atoms with van der Waals surface area (Å²) >= 11 is 0. The van der Waals surface area contributed by atoms with Crippen LogP contribution in [0.1, 0.15) is 18.1 Å². The van der Waals surface area contributed by atoms with Crippen molar-refractivity contribution in [2.45, 2.75) is 30.1 Å². The van der Waals surface area contributed by atoms with Crippen molar-refractivity contribution >= 4 is 33.3 Å². The first-order chi connectivity index (χ1) is 17.3. The number of hydrogen-bond donors (Lipinski definition) is 4. The smallest absolute Gasteiger partial charge is 0.326 e. The number of carbonyl (C=O) groups is 2. The van der Waals surface area contributed by atoms with Crippen LogP contribution in [0.3, 0.4) is 0 Å². The lowest BCUT2D eigenvalue weighted by molar-refractivity contribution is -0.194. The Balaban J connectivity index is 1.87. The highest BCUT2D eigenvalue weighted by atomic mass is 32.2. The molecule has 37 heavy (non-hydrogen) atoms. The average Bonchev–Trinajstić information content (AvgIpc) is 3.10. The summed E-state index contributed by atoms with van der Waals surface area (Å²) in [7, 11) is -5.09. The molecule has 0 bridgehead atoms. The number of nitrogens with one attached hydrogen (secondary N) is 4. The molecular formula is C22H18F3N5O6S. The highest BCUT2D eigenvalue weighted by Crippen LogP contribution is 2.45. The Bertz CT molecular complexity index is 1620. The number of aromatic nitrogens is 2. The minimum Gasteiger partial charge on any atom is -0.326 e. The number of halogens is 3. The number of amides is 2. The molecule has 1 aliphatic heterocycles. The fourth-order valence-electron chi connectivity index (χ4n) is 3.89. The number of hydrogen-bond acceptors (Lipinski definition) is 6. The zero-order valence-corrected chi connectivity index (χ0v) is 19.7. The van der Waals surface area contributed by atoms with Crippen LogP contribution >= 0.6 is 0 Å². The SMILES string of the molecule is CC(=O)Nc1ccc(S(=O)(=O)N[C@]2(C(F)(F)F)C(=O)Nc3c2c(=O)[nH]c(=O)n3Cc2ccccc2)cc1. The zero-order valence-electron chi connectivity index (χ0n) is 18.8. The lowest BCUT2D eigenvalue weighted by Gasteiger charge is -2.29. The molecule has 1 atom stereocenters. The van der Waals surface area contributed by atoms with E-state index < -0.39 is 61.1 Å². The van der Waals surface area contributed by atoms with Crippen molar-refractivity contribution in [2.24, 2.45) is 0 Å². The first-order valence-corrected chi connectivity index (χ1v) is 12.0. The quantitative estimate of drug-likeness (QED) is 0.370. The van der Waals surface area contributed by atoms with Crippen molar-refractivity contribution in [3.05, 3.63) is 86.6 Å². The summed E-state index contributed by atoms with van der Waals surface area (Å²) in [4.78, 5) is 50.3.